The van der Waals surface area contributed by atoms with Crippen molar-refractivity contribution in [3.63, 3.8) is 0 Å². The summed E-state index contributed by atoms with van der Waals surface area (Å²) < 4.78 is 26.0. The third kappa shape index (κ3) is 3.61. The van der Waals surface area contributed by atoms with Gasteiger partial charge in [0.25, 0.3) is 5.89 Å². The molecule has 0 aliphatic carbocycles. The molecule has 0 saturated carbocycles. The van der Waals surface area contributed by atoms with Gasteiger partial charge in [0.05, 0.1) is 12.2 Å². The number of oxazole rings is 1. The minimum atomic E-state index is -0.329. The summed E-state index contributed by atoms with van der Waals surface area (Å²) in [7, 11) is 0. The van der Waals surface area contributed by atoms with Crippen molar-refractivity contribution in [2.24, 2.45) is 0 Å². The first-order chi connectivity index (χ1) is 15.1. The molecule has 0 aliphatic rings. The molecule has 0 saturated heterocycles. The summed E-state index contributed by atoms with van der Waals surface area (Å²) in [6.45, 7) is 4.12. The second kappa shape index (κ2) is 7.60. The van der Waals surface area contributed by atoms with Crippen molar-refractivity contribution in [3.8, 4) is 34.4 Å². The average molecular weight is 416 g/mol. The average Bonchev–Trinajstić information content (AvgIpc) is 3.50. The largest absolute Gasteiger partial charge is 0.441 e. The number of halogens is 1. The van der Waals surface area contributed by atoms with Gasteiger partial charge in [-0.05, 0) is 50.2 Å². The van der Waals surface area contributed by atoms with Crippen LogP contribution >= 0.6 is 0 Å². The van der Waals surface area contributed by atoms with Crippen LogP contribution < -0.4 is 0 Å². The summed E-state index contributed by atoms with van der Waals surface area (Å²) in [4.78, 5) is 8.98. The zero-order chi connectivity index (χ0) is 21.4. The number of hydrogen-bond acceptors (Lipinski definition) is 7. The SMILES string of the molecule is Cc1oc(-c2ccccc2)nc1Cn1nnc(-c2nc(-c3ccc(F)cc3)no2)c1C. The van der Waals surface area contributed by atoms with Crippen molar-refractivity contribution in [1.29, 1.82) is 0 Å². The van der Waals surface area contributed by atoms with Crippen LogP contribution in [0.25, 0.3) is 34.4 Å². The van der Waals surface area contributed by atoms with Crippen LogP contribution in [0.1, 0.15) is 17.1 Å². The Kier molecular flexibility index (Phi) is 4.62. The Morgan fingerprint density at radius 1 is 0.903 bits per heavy atom. The number of benzene rings is 2. The lowest BCUT2D eigenvalue weighted by Gasteiger charge is -2.00. The van der Waals surface area contributed by atoms with Gasteiger partial charge in [-0.15, -0.1) is 5.10 Å². The zero-order valence-electron chi connectivity index (χ0n) is 16.8. The van der Waals surface area contributed by atoms with Crippen molar-refractivity contribution in [3.05, 3.63) is 77.6 Å². The molecule has 0 bridgehead atoms. The van der Waals surface area contributed by atoms with E-state index < -0.39 is 0 Å². The van der Waals surface area contributed by atoms with Crippen LogP contribution in [-0.2, 0) is 6.54 Å². The third-order valence-corrected chi connectivity index (χ3v) is 4.93. The smallest absolute Gasteiger partial charge is 0.280 e. The molecule has 0 radical (unpaired) electrons. The quantitative estimate of drug-likeness (QED) is 0.417. The molecule has 31 heavy (non-hydrogen) atoms. The molecule has 0 unspecified atom stereocenters. The maximum atomic E-state index is 13.1. The Balaban J connectivity index is 1.40. The predicted octanol–water partition coefficient (Wildman–Crippen LogP) is 4.45. The number of hydrogen-bond donors (Lipinski definition) is 0. The molecule has 3 aromatic heterocycles. The van der Waals surface area contributed by atoms with E-state index in [2.05, 4.69) is 25.4 Å². The maximum Gasteiger partial charge on any atom is 0.280 e. The van der Waals surface area contributed by atoms with Gasteiger partial charge in [0.1, 0.15) is 17.3 Å². The summed E-state index contributed by atoms with van der Waals surface area (Å²) in [6, 6.07) is 15.6. The fourth-order valence-electron chi connectivity index (χ4n) is 3.16. The monoisotopic (exact) mass is 416 g/mol. The van der Waals surface area contributed by atoms with E-state index in [-0.39, 0.29) is 11.7 Å². The second-order valence-corrected chi connectivity index (χ2v) is 7.00. The van der Waals surface area contributed by atoms with Gasteiger partial charge >= 0.3 is 0 Å². The summed E-state index contributed by atoms with van der Waals surface area (Å²) in [6.07, 6.45) is 0. The van der Waals surface area contributed by atoms with Crippen LogP contribution in [0.3, 0.4) is 0 Å². The minimum absolute atomic E-state index is 0.241. The highest BCUT2D eigenvalue weighted by atomic mass is 19.1. The Hall–Kier alpha value is -4.14. The lowest BCUT2D eigenvalue weighted by molar-refractivity contribution is 0.430. The standard InChI is InChI=1S/C22H17FN6O2/c1-13-19(22-25-20(27-31-22)15-8-10-17(23)11-9-15)26-28-29(13)12-18-14(2)30-21(24-18)16-6-4-3-5-7-16/h3-11H,12H2,1-2H3. The summed E-state index contributed by atoms with van der Waals surface area (Å²) in [5.41, 5.74) is 3.54. The van der Waals surface area contributed by atoms with E-state index in [1.54, 1.807) is 16.8 Å². The first-order valence-corrected chi connectivity index (χ1v) is 9.60. The highest BCUT2D eigenvalue weighted by Crippen LogP contribution is 2.25. The van der Waals surface area contributed by atoms with Gasteiger partial charge in [0, 0.05) is 11.1 Å². The van der Waals surface area contributed by atoms with Gasteiger partial charge in [0.2, 0.25) is 11.7 Å². The normalized spacial score (nSPS) is 11.2. The van der Waals surface area contributed by atoms with Gasteiger partial charge in [-0.3, -0.25) is 0 Å². The van der Waals surface area contributed by atoms with Crippen LogP contribution in [0.2, 0.25) is 0 Å². The topological polar surface area (TPSA) is 95.7 Å². The molecule has 0 amide bonds. The van der Waals surface area contributed by atoms with Crippen molar-refractivity contribution >= 4 is 0 Å². The summed E-state index contributed by atoms with van der Waals surface area (Å²) >= 11 is 0. The van der Waals surface area contributed by atoms with Crippen molar-refractivity contribution in [2.75, 3.05) is 0 Å². The zero-order valence-corrected chi connectivity index (χ0v) is 16.8. The molecule has 0 N–H and O–H groups in total. The highest BCUT2D eigenvalue weighted by molar-refractivity contribution is 5.58. The Bertz CT molecular complexity index is 1340. The molecule has 154 valence electrons. The lowest BCUT2D eigenvalue weighted by atomic mass is 10.2. The third-order valence-electron chi connectivity index (χ3n) is 4.93. The molecule has 0 aliphatic heterocycles. The van der Waals surface area contributed by atoms with Gasteiger partial charge < -0.3 is 8.94 Å². The lowest BCUT2D eigenvalue weighted by Crippen LogP contribution is -2.05. The molecule has 5 aromatic rings. The molecular weight excluding hydrogens is 399 g/mol. The molecule has 3 heterocycles. The van der Waals surface area contributed by atoms with Gasteiger partial charge in [-0.25, -0.2) is 14.1 Å². The molecule has 8 nitrogen and oxygen atoms in total. The van der Waals surface area contributed by atoms with E-state index in [0.717, 1.165) is 17.0 Å². The molecular formula is C22H17FN6O2. The number of nitrogens with zero attached hydrogens (tertiary/aromatic N) is 6. The van der Waals surface area contributed by atoms with E-state index in [0.29, 0.717) is 35.3 Å². The highest BCUT2D eigenvalue weighted by Gasteiger charge is 2.20. The van der Waals surface area contributed by atoms with E-state index >= 15 is 0 Å². The fourth-order valence-corrected chi connectivity index (χ4v) is 3.16. The van der Waals surface area contributed by atoms with Gasteiger partial charge in [-0.2, -0.15) is 4.98 Å². The Labute approximate surface area is 176 Å². The van der Waals surface area contributed by atoms with Crippen molar-refractivity contribution in [2.45, 2.75) is 20.4 Å². The Morgan fingerprint density at radius 3 is 2.45 bits per heavy atom. The number of rotatable bonds is 5. The Morgan fingerprint density at radius 2 is 1.68 bits per heavy atom. The molecule has 0 spiro atoms. The maximum absolute atomic E-state index is 13.1. The van der Waals surface area contributed by atoms with Crippen LogP contribution in [0, 0.1) is 19.7 Å². The molecule has 0 fully saturated rings. The van der Waals surface area contributed by atoms with Crippen LogP contribution in [0.4, 0.5) is 4.39 Å². The number of aryl methyl sites for hydroxylation is 1. The summed E-state index contributed by atoms with van der Waals surface area (Å²) in [5, 5.41) is 12.4. The fraction of sp³-hybridized carbons (Fsp3) is 0.136. The second-order valence-electron chi connectivity index (χ2n) is 7.00. The van der Waals surface area contributed by atoms with Crippen molar-refractivity contribution < 1.29 is 13.3 Å². The first kappa shape index (κ1) is 18.9. The van der Waals surface area contributed by atoms with Crippen molar-refractivity contribution in [1.82, 2.24) is 30.1 Å². The van der Waals surface area contributed by atoms with E-state index in [4.69, 9.17) is 8.94 Å². The van der Waals surface area contributed by atoms with Gasteiger partial charge in [-0.1, -0.05) is 28.6 Å². The molecule has 2 aromatic carbocycles. The first-order valence-electron chi connectivity index (χ1n) is 9.60. The number of aromatic nitrogens is 6. The molecule has 9 heteroatoms. The van der Waals surface area contributed by atoms with Crippen LogP contribution in [0.5, 0.6) is 0 Å². The molecule has 0 atom stereocenters. The van der Waals surface area contributed by atoms with E-state index in [1.807, 2.05) is 44.2 Å². The predicted molar refractivity (Wildman–Crippen MR) is 109 cm³/mol. The van der Waals surface area contributed by atoms with Gasteiger partial charge in [0.15, 0.2) is 5.69 Å². The van der Waals surface area contributed by atoms with Crippen LogP contribution in [0.15, 0.2) is 63.5 Å². The molecule has 5 rings (SSSR count). The minimum Gasteiger partial charge on any atom is -0.441 e. The summed E-state index contributed by atoms with van der Waals surface area (Å²) in [5.74, 6) is 1.54. The van der Waals surface area contributed by atoms with E-state index in [1.165, 1.54) is 12.1 Å². The van der Waals surface area contributed by atoms with Crippen LogP contribution in [-0.4, -0.2) is 30.1 Å². The van der Waals surface area contributed by atoms with E-state index in [9.17, 15) is 4.39 Å².